The molecule has 0 saturated carbocycles. The second-order valence-electron chi connectivity index (χ2n) is 7.22. The van der Waals surface area contributed by atoms with Gasteiger partial charge in [-0.15, -0.1) is 15.3 Å². The largest absolute Gasteiger partial charge is 0.481 e. The van der Waals surface area contributed by atoms with Crippen LogP contribution in [0.5, 0.6) is 5.75 Å². The Hall–Kier alpha value is -3.16. The molecule has 0 radical (unpaired) electrons. The van der Waals surface area contributed by atoms with Crippen LogP contribution in [0.25, 0.3) is 5.65 Å². The minimum atomic E-state index is -0.515. The van der Waals surface area contributed by atoms with Crippen molar-refractivity contribution < 1.29 is 9.53 Å². The van der Waals surface area contributed by atoms with Gasteiger partial charge in [0.2, 0.25) is 0 Å². The number of ether oxygens (including phenoxy) is 1. The first-order chi connectivity index (χ1) is 13.5. The van der Waals surface area contributed by atoms with Crippen LogP contribution in [0.15, 0.2) is 36.7 Å². The molecule has 4 rings (SSSR count). The number of fused-ring (bicyclic) bond motifs is 1. The van der Waals surface area contributed by atoms with Crippen LogP contribution < -0.4 is 9.64 Å². The highest BCUT2D eigenvalue weighted by Gasteiger charge is 2.26. The average molecular weight is 380 g/mol. The molecule has 1 saturated heterocycles. The first-order valence-corrected chi connectivity index (χ1v) is 9.45. The summed E-state index contributed by atoms with van der Waals surface area (Å²) in [6.45, 7) is 8.59. The molecule has 2 aromatic heterocycles. The van der Waals surface area contributed by atoms with E-state index in [-0.39, 0.29) is 5.91 Å². The highest BCUT2D eigenvalue weighted by Crippen LogP contribution is 2.19. The van der Waals surface area contributed by atoms with Crippen molar-refractivity contribution in [2.24, 2.45) is 0 Å². The van der Waals surface area contributed by atoms with E-state index in [0.717, 1.165) is 41.4 Å². The molecule has 28 heavy (non-hydrogen) atoms. The van der Waals surface area contributed by atoms with Gasteiger partial charge in [0.1, 0.15) is 17.9 Å². The zero-order valence-corrected chi connectivity index (χ0v) is 16.4. The Morgan fingerprint density at radius 3 is 2.50 bits per heavy atom. The van der Waals surface area contributed by atoms with Crippen LogP contribution in [0.4, 0.5) is 5.82 Å². The lowest BCUT2D eigenvalue weighted by Crippen LogP contribution is -2.52. The summed E-state index contributed by atoms with van der Waals surface area (Å²) < 4.78 is 7.57. The summed E-state index contributed by atoms with van der Waals surface area (Å²) in [5.74, 6) is 1.61. The number of nitrogens with zero attached hydrogens (tertiary/aromatic N) is 6. The Balaban J connectivity index is 1.36. The van der Waals surface area contributed by atoms with Crippen LogP contribution in [0, 0.1) is 13.8 Å². The maximum Gasteiger partial charge on any atom is 0.263 e. The van der Waals surface area contributed by atoms with Gasteiger partial charge in [-0.2, -0.15) is 4.52 Å². The molecule has 1 amide bonds. The highest BCUT2D eigenvalue weighted by atomic mass is 16.5. The summed E-state index contributed by atoms with van der Waals surface area (Å²) >= 11 is 0. The van der Waals surface area contributed by atoms with Crippen molar-refractivity contribution in [1.29, 1.82) is 0 Å². The summed E-state index contributed by atoms with van der Waals surface area (Å²) in [7, 11) is 0. The fourth-order valence-corrected chi connectivity index (χ4v) is 3.56. The number of benzene rings is 1. The molecule has 3 heterocycles. The van der Waals surface area contributed by atoms with Crippen LogP contribution >= 0.6 is 0 Å². The molecular weight excluding hydrogens is 356 g/mol. The van der Waals surface area contributed by atoms with Crippen molar-refractivity contribution in [3.05, 3.63) is 47.8 Å². The third-order valence-electron chi connectivity index (χ3n) is 4.92. The summed E-state index contributed by atoms with van der Waals surface area (Å²) in [6, 6.07) is 9.84. The number of anilines is 1. The topological polar surface area (TPSA) is 75.9 Å². The minimum absolute atomic E-state index is 0.0148. The molecule has 1 aliphatic rings. The normalized spacial score (nSPS) is 15.7. The molecule has 3 aromatic rings. The smallest absolute Gasteiger partial charge is 0.263 e. The molecule has 0 unspecified atom stereocenters. The molecule has 1 fully saturated rings. The van der Waals surface area contributed by atoms with Crippen LogP contribution in [0.1, 0.15) is 18.1 Å². The Bertz CT molecular complexity index is 973. The number of amides is 1. The quantitative estimate of drug-likeness (QED) is 0.688. The van der Waals surface area contributed by atoms with E-state index < -0.39 is 6.10 Å². The maximum absolute atomic E-state index is 12.8. The molecule has 8 heteroatoms. The Labute approximate surface area is 163 Å². The van der Waals surface area contributed by atoms with Crippen molar-refractivity contribution in [3.63, 3.8) is 0 Å². The van der Waals surface area contributed by atoms with E-state index in [4.69, 9.17) is 4.74 Å². The minimum Gasteiger partial charge on any atom is -0.481 e. The molecule has 1 atom stereocenters. The number of aromatic nitrogens is 4. The van der Waals surface area contributed by atoms with Gasteiger partial charge in [0, 0.05) is 26.2 Å². The van der Waals surface area contributed by atoms with Crippen molar-refractivity contribution in [3.8, 4) is 5.75 Å². The number of piperazine rings is 1. The predicted octanol–water partition coefficient (Wildman–Crippen LogP) is 1.86. The van der Waals surface area contributed by atoms with Crippen LogP contribution in [0.3, 0.4) is 0 Å². The standard InChI is InChI=1S/C20H24N6O2/c1-14-10-15(2)12-17(11-14)28-16(3)20(27)25-8-6-24(7-9-25)19-5-4-18-22-21-13-26(18)23-19/h4-5,10-13,16H,6-9H2,1-3H3/t16-/m1/s1. The zero-order valence-electron chi connectivity index (χ0n) is 16.4. The number of hydrogen-bond acceptors (Lipinski definition) is 6. The van der Waals surface area contributed by atoms with E-state index in [9.17, 15) is 4.79 Å². The lowest BCUT2D eigenvalue weighted by Gasteiger charge is -2.36. The second kappa shape index (κ2) is 7.46. The summed E-state index contributed by atoms with van der Waals surface area (Å²) in [4.78, 5) is 16.8. The zero-order chi connectivity index (χ0) is 19.7. The number of hydrogen-bond donors (Lipinski definition) is 0. The van der Waals surface area contributed by atoms with E-state index >= 15 is 0 Å². The van der Waals surface area contributed by atoms with Gasteiger partial charge in [-0.1, -0.05) is 6.07 Å². The van der Waals surface area contributed by atoms with Gasteiger partial charge < -0.3 is 14.5 Å². The van der Waals surface area contributed by atoms with Crippen molar-refractivity contribution >= 4 is 17.4 Å². The molecule has 146 valence electrons. The predicted molar refractivity (Wildman–Crippen MR) is 106 cm³/mol. The van der Waals surface area contributed by atoms with Crippen LogP contribution in [-0.2, 0) is 4.79 Å². The molecule has 0 aliphatic carbocycles. The highest BCUT2D eigenvalue weighted by molar-refractivity contribution is 5.81. The summed E-state index contributed by atoms with van der Waals surface area (Å²) in [5.41, 5.74) is 2.97. The van der Waals surface area contributed by atoms with Crippen molar-refractivity contribution in [2.75, 3.05) is 31.1 Å². The van der Waals surface area contributed by atoms with Gasteiger partial charge >= 0.3 is 0 Å². The average Bonchev–Trinajstić information content (AvgIpc) is 3.14. The number of carbonyl (C=O) groups is 1. The van der Waals surface area contributed by atoms with Gasteiger partial charge in [0.05, 0.1) is 0 Å². The van der Waals surface area contributed by atoms with Crippen LogP contribution in [-0.4, -0.2) is 62.9 Å². The molecule has 0 bridgehead atoms. The summed E-state index contributed by atoms with van der Waals surface area (Å²) in [5, 5.41) is 12.3. The van der Waals surface area contributed by atoms with Gasteiger partial charge in [-0.25, -0.2) is 0 Å². The Morgan fingerprint density at radius 2 is 1.79 bits per heavy atom. The fraction of sp³-hybridized carbons (Fsp3) is 0.400. The van der Waals surface area contributed by atoms with Crippen molar-refractivity contribution in [2.45, 2.75) is 26.9 Å². The summed E-state index contributed by atoms with van der Waals surface area (Å²) in [6.07, 6.45) is 1.07. The molecule has 8 nitrogen and oxygen atoms in total. The van der Waals surface area contributed by atoms with E-state index in [2.05, 4.69) is 26.3 Å². The van der Waals surface area contributed by atoms with Gasteiger partial charge in [0.25, 0.3) is 5.91 Å². The molecule has 1 aromatic carbocycles. The van der Waals surface area contributed by atoms with Gasteiger partial charge in [0.15, 0.2) is 11.8 Å². The Morgan fingerprint density at radius 1 is 1.07 bits per heavy atom. The van der Waals surface area contributed by atoms with E-state index in [0.29, 0.717) is 13.1 Å². The number of aryl methyl sites for hydroxylation is 2. The SMILES string of the molecule is Cc1cc(C)cc(O[C@H](C)C(=O)N2CCN(c3ccc4nncn4n3)CC2)c1. The van der Waals surface area contributed by atoms with Gasteiger partial charge in [-0.05, 0) is 56.2 Å². The maximum atomic E-state index is 12.8. The molecular formula is C20H24N6O2. The Kier molecular flexibility index (Phi) is 4.85. The second-order valence-corrected chi connectivity index (χ2v) is 7.22. The van der Waals surface area contributed by atoms with E-state index in [1.165, 1.54) is 0 Å². The fourth-order valence-electron chi connectivity index (χ4n) is 3.56. The van der Waals surface area contributed by atoms with Crippen LogP contribution in [0.2, 0.25) is 0 Å². The first-order valence-electron chi connectivity index (χ1n) is 9.45. The first kappa shape index (κ1) is 18.2. The molecule has 0 spiro atoms. The monoisotopic (exact) mass is 380 g/mol. The lowest BCUT2D eigenvalue weighted by atomic mass is 10.1. The third kappa shape index (κ3) is 3.76. The van der Waals surface area contributed by atoms with Gasteiger partial charge in [-0.3, -0.25) is 4.79 Å². The molecule has 1 aliphatic heterocycles. The van der Waals surface area contributed by atoms with E-state index in [1.807, 2.05) is 49.9 Å². The number of carbonyl (C=O) groups excluding carboxylic acids is 1. The third-order valence-corrected chi connectivity index (χ3v) is 4.92. The molecule has 0 N–H and O–H groups in total. The lowest BCUT2D eigenvalue weighted by molar-refractivity contribution is -0.138. The van der Waals surface area contributed by atoms with E-state index in [1.54, 1.807) is 10.8 Å². The van der Waals surface area contributed by atoms with Crippen molar-refractivity contribution in [1.82, 2.24) is 24.7 Å². The number of rotatable bonds is 4.